The van der Waals surface area contributed by atoms with Crippen LogP contribution in [0.15, 0.2) is 78.9 Å². The number of hydrogen-bond acceptors (Lipinski definition) is 17. The maximum Gasteiger partial charge on any atom is 0.326 e. The quantitative estimate of drug-likeness (QED) is 0.0249. The molecule has 0 bridgehead atoms. The molecule has 0 fully saturated rings. The summed E-state index contributed by atoms with van der Waals surface area (Å²) in [6, 6.07) is 7.06. The lowest BCUT2D eigenvalue weighted by molar-refractivity contribution is -0.142. The third kappa shape index (κ3) is 25.9. The molecule has 3 rings (SSSR count). The number of amides is 10. The Hall–Kier alpha value is -9.22. The van der Waals surface area contributed by atoms with Crippen LogP contribution in [-0.4, -0.2) is 171 Å². The number of aliphatic hydroxyl groups is 1. The summed E-state index contributed by atoms with van der Waals surface area (Å²) >= 11 is 0. The van der Waals surface area contributed by atoms with Crippen LogP contribution in [0.1, 0.15) is 82.4 Å². The molecule has 464 valence electrons. The second kappa shape index (κ2) is 35.7. The summed E-state index contributed by atoms with van der Waals surface area (Å²) in [4.78, 5) is 159. The summed E-state index contributed by atoms with van der Waals surface area (Å²) in [5.41, 5.74) is 18.1. The zero-order valence-corrected chi connectivity index (χ0v) is 47.3. The van der Waals surface area contributed by atoms with Crippen LogP contribution < -0.4 is 65.1 Å². The fraction of sp³-hybridized carbons (Fsp3) is 0.464. The van der Waals surface area contributed by atoms with Gasteiger partial charge >= 0.3 is 11.9 Å². The smallest absolute Gasteiger partial charge is 0.326 e. The SMILES string of the molecule is CC(C)[C@H](N)C(=O)NCC(=O)N[C@@H](Cc1ccccc1)C(=O)N[C@@H](CCC(N)=O)C(=O)N[C@@H](Cc1ccc(O)cc1)C(=O)N[C@@H](CCC(=O)O)C(=O)NCC(=O)N[C@H](C(=O)N[C@@H](Cc1ccc(O)cc1)C(=O)N[C@@H](CCCCN)C(=O)O)[C@@H](C)O. The number of phenols is 2. The minimum absolute atomic E-state index is 0.00231. The van der Waals surface area contributed by atoms with Gasteiger partial charge in [-0.05, 0) is 92.4 Å². The van der Waals surface area contributed by atoms with Crippen LogP contribution in [0.4, 0.5) is 0 Å². The van der Waals surface area contributed by atoms with Crippen LogP contribution in [0.2, 0.25) is 0 Å². The van der Waals surface area contributed by atoms with Crippen molar-refractivity contribution in [3.63, 3.8) is 0 Å². The molecule has 3 aromatic carbocycles. The topological polar surface area (TPSA) is 492 Å². The molecule has 85 heavy (non-hydrogen) atoms. The molecule has 0 aliphatic rings. The van der Waals surface area contributed by atoms with Crippen LogP contribution in [0.3, 0.4) is 0 Å². The fourth-order valence-electron chi connectivity index (χ4n) is 8.16. The van der Waals surface area contributed by atoms with Crippen LogP contribution in [-0.2, 0) is 76.8 Å². The van der Waals surface area contributed by atoms with Crippen molar-refractivity contribution in [1.82, 2.24) is 47.9 Å². The summed E-state index contributed by atoms with van der Waals surface area (Å²) in [6.07, 6.45) is -3.90. The molecule has 0 saturated carbocycles. The van der Waals surface area contributed by atoms with Crippen LogP contribution in [0.5, 0.6) is 11.5 Å². The third-order valence-electron chi connectivity index (χ3n) is 13.1. The van der Waals surface area contributed by atoms with Gasteiger partial charge in [-0.3, -0.25) is 52.7 Å². The Morgan fingerprint density at radius 2 is 0.882 bits per heavy atom. The van der Waals surface area contributed by atoms with E-state index in [0.29, 0.717) is 29.5 Å². The van der Waals surface area contributed by atoms with Crippen molar-refractivity contribution in [3.05, 3.63) is 95.6 Å². The molecule has 20 N–H and O–H groups in total. The molecular weight excluding hydrogens is 1110 g/mol. The molecule has 0 spiro atoms. The summed E-state index contributed by atoms with van der Waals surface area (Å²) in [5.74, 6) is -13.1. The molecule has 0 aliphatic carbocycles. The van der Waals surface area contributed by atoms with E-state index in [1.807, 2.05) is 0 Å². The van der Waals surface area contributed by atoms with Gasteiger partial charge < -0.3 is 90.6 Å². The van der Waals surface area contributed by atoms with E-state index in [0.717, 1.165) is 6.92 Å². The number of nitrogens with two attached hydrogens (primary N) is 3. The standard InChI is InChI=1S/C56H78N12O17/c1-30(2)47(59)54(82)61-28-44(73)62-40(25-32-9-5-4-6-10-32)51(79)64-38(20-22-43(58)72)50(78)66-41(26-33-12-16-35(70)17-13-33)52(80)63-37(21-23-46(75)76)49(77)60-29-45(74)68-48(31(3)69)55(83)67-42(27-34-14-18-36(71)19-15-34)53(81)65-39(56(84)85)11-7-8-24-57/h4-6,9-10,12-19,30-31,37-42,47-48,69-71H,7-8,11,20-29,57,59H2,1-3H3,(H2,58,72)(H,60,77)(H,61,82)(H,62,73)(H,63,80)(H,64,79)(H,65,81)(H,66,78)(H,67,83)(H,68,74)(H,75,76)(H,84,85)/t31-,37+,38+,39+,40+,41+,42+,47+,48+/m1/s1. The Morgan fingerprint density at radius 1 is 0.471 bits per heavy atom. The summed E-state index contributed by atoms with van der Waals surface area (Å²) in [6.45, 7) is 3.25. The van der Waals surface area contributed by atoms with Crippen molar-refractivity contribution >= 4 is 71.0 Å². The van der Waals surface area contributed by atoms with Crippen LogP contribution in [0.25, 0.3) is 0 Å². The van der Waals surface area contributed by atoms with E-state index in [-0.39, 0.29) is 49.6 Å². The first-order valence-corrected chi connectivity index (χ1v) is 27.3. The van der Waals surface area contributed by atoms with Gasteiger partial charge in [-0.15, -0.1) is 0 Å². The van der Waals surface area contributed by atoms with E-state index in [9.17, 15) is 83.1 Å². The van der Waals surface area contributed by atoms with Gasteiger partial charge in [0.1, 0.15) is 53.8 Å². The number of phenolic OH excluding ortho intramolecular Hbond substituents is 2. The molecule has 0 aliphatic heterocycles. The van der Waals surface area contributed by atoms with E-state index < -0.39 is 164 Å². The zero-order chi connectivity index (χ0) is 63.3. The van der Waals surface area contributed by atoms with Crippen molar-refractivity contribution in [3.8, 4) is 11.5 Å². The highest BCUT2D eigenvalue weighted by Gasteiger charge is 2.35. The van der Waals surface area contributed by atoms with Gasteiger partial charge in [-0.2, -0.15) is 0 Å². The maximum atomic E-state index is 14.3. The van der Waals surface area contributed by atoms with E-state index >= 15 is 0 Å². The lowest BCUT2D eigenvalue weighted by Gasteiger charge is -2.27. The second-order valence-electron chi connectivity index (χ2n) is 20.4. The number of aliphatic carboxylic acids is 2. The highest BCUT2D eigenvalue weighted by atomic mass is 16.4. The maximum absolute atomic E-state index is 14.3. The van der Waals surface area contributed by atoms with Crippen molar-refractivity contribution in [2.75, 3.05) is 19.6 Å². The first-order chi connectivity index (χ1) is 40.2. The van der Waals surface area contributed by atoms with E-state index in [1.54, 1.807) is 44.2 Å². The van der Waals surface area contributed by atoms with Crippen molar-refractivity contribution in [2.24, 2.45) is 23.1 Å². The fourth-order valence-corrected chi connectivity index (χ4v) is 8.16. The number of carboxylic acid groups (broad SMARTS) is 2. The monoisotopic (exact) mass is 1190 g/mol. The van der Waals surface area contributed by atoms with Crippen LogP contribution >= 0.6 is 0 Å². The second-order valence-corrected chi connectivity index (χ2v) is 20.4. The molecule has 0 saturated heterocycles. The van der Waals surface area contributed by atoms with Gasteiger partial charge in [0.25, 0.3) is 0 Å². The van der Waals surface area contributed by atoms with Gasteiger partial charge in [0, 0.05) is 32.1 Å². The zero-order valence-electron chi connectivity index (χ0n) is 47.3. The average molecular weight is 1190 g/mol. The summed E-state index contributed by atoms with van der Waals surface area (Å²) in [7, 11) is 0. The third-order valence-corrected chi connectivity index (χ3v) is 13.1. The first-order valence-electron chi connectivity index (χ1n) is 27.3. The van der Waals surface area contributed by atoms with Crippen LogP contribution in [0, 0.1) is 5.92 Å². The Labute approximate surface area is 489 Å². The minimum atomic E-state index is -1.82. The van der Waals surface area contributed by atoms with E-state index in [2.05, 4.69) is 47.9 Å². The lowest BCUT2D eigenvalue weighted by Crippen LogP contribution is -2.60. The number of unbranched alkanes of at least 4 members (excludes halogenated alkanes) is 1. The normalized spacial score (nSPS) is 14.2. The van der Waals surface area contributed by atoms with E-state index in [1.165, 1.54) is 48.5 Å². The van der Waals surface area contributed by atoms with Gasteiger partial charge in [0.05, 0.1) is 25.2 Å². The number of carbonyl (C=O) groups is 12. The van der Waals surface area contributed by atoms with Gasteiger partial charge in [-0.25, -0.2) is 4.79 Å². The Kier molecular flexibility index (Phi) is 29.4. The highest BCUT2D eigenvalue weighted by Crippen LogP contribution is 2.15. The number of hydrogen-bond donors (Lipinski definition) is 17. The van der Waals surface area contributed by atoms with Crippen molar-refractivity contribution < 1.29 is 83.1 Å². The van der Waals surface area contributed by atoms with Gasteiger partial charge in [0.2, 0.25) is 59.1 Å². The van der Waals surface area contributed by atoms with Gasteiger partial charge in [-0.1, -0.05) is 68.4 Å². The predicted octanol–water partition coefficient (Wildman–Crippen LogP) is -3.54. The lowest BCUT2D eigenvalue weighted by atomic mass is 10.0. The molecule has 3 aromatic rings. The molecule has 0 unspecified atom stereocenters. The average Bonchev–Trinajstić information content (AvgIpc) is 3.58. The number of aromatic hydroxyl groups is 2. The molecule has 9 atom stereocenters. The molecule has 0 radical (unpaired) electrons. The Balaban J connectivity index is 1.87. The Morgan fingerprint density at radius 3 is 1.34 bits per heavy atom. The molecule has 29 heteroatoms. The first kappa shape index (κ1) is 70.0. The highest BCUT2D eigenvalue weighted by molar-refractivity contribution is 5.98. The van der Waals surface area contributed by atoms with Crippen molar-refractivity contribution in [2.45, 2.75) is 139 Å². The predicted molar refractivity (Wildman–Crippen MR) is 304 cm³/mol. The molecule has 0 aromatic heterocycles. The molecular formula is C56H78N12O17. The number of rotatable bonds is 37. The largest absolute Gasteiger partial charge is 0.508 e. The number of primary amides is 1. The molecule has 0 heterocycles. The number of aliphatic hydroxyl groups excluding tert-OH is 1. The number of benzene rings is 3. The van der Waals surface area contributed by atoms with Gasteiger partial charge in [0.15, 0.2) is 0 Å². The summed E-state index contributed by atoms with van der Waals surface area (Å²) in [5, 5.41) is 71.4. The Bertz CT molecular complexity index is 2770. The van der Waals surface area contributed by atoms with Crippen molar-refractivity contribution in [1.29, 1.82) is 0 Å². The number of nitrogens with one attached hydrogen (secondary N) is 9. The minimum Gasteiger partial charge on any atom is -0.508 e. The number of carboxylic acids is 2. The van der Waals surface area contributed by atoms with E-state index in [4.69, 9.17) is 17.2 Å². The summed E-state index contributed by atoms with van der Waals surface area (Å²) < 4.78 is 0. The number of carbonyl (C=O) groups excluding carboxylic acids is 10. The molecule has 29 nitrogen and oxygen atoms in total. The molecule has 10 amide bonds.